The van der Waals surface area contributed by atoms with Gasteiger partial charge in [0.15, 0.2) is 5.82 Å². The van der Waals surface area contributed by atoms with E-state index in [-0.39, 0.29) is 5.75 Å². The van der Waals surface area contributed by atoms with Gasteiger partial charge in [0, 0.05) is 13.2 Å². The predicted octanol–water partition coefficient (Wildman–Crippen LogP) is 0.382. The first-order chi connectivity index (χ1) is 7.65. The summed E-state index contributed by atoms with van der Waals surface area (Å²) >= 11 is 1.06. The largest absolute Gasteiger partial charge is 0.481 e. The molecule has 0 aliphatic carbocycles. The van der Waals surface area contributed by atoms with Crippen molar-refractivity contribution in [3.63, 3.8) is 0 Å². The lowest BCUT2D eigenvalue weighted by atomic mass is 10.5. The van der Waals surface area contributed by atoms with Crippen LogP contribution in [0.5, 0.6) is 0 Å². The molecule has 16 heavy (non-hydrogen) atoms. The van der Waals surface area contributed by atoms with Crippen molar-refractivity contribution in [3.8, 4) is 11.5 Å². The molecular formula is C8H9N5O2S. The van der Waals surface area contributed by atoms with Crippen molar-refractivity contribution in [2.45, 2.75) is 5.16 Å². The Bertz CT molecular complexity index is 506. The Labute approximate surface area is 94.9 Å². The Hall–Kier alpha value is -1.83. The molecule has 0 fully saturated rings. The minimum Gasteiger partial charge on any atom is -0.481 e. The smallest absolute Gasteiger partial charge is 0.313 e. The number of rotatable bonds is 4. The summed E-state index contributed by atoms with van der Waals surface area (Å²) in [6.45, 7) is 0. The highest BCUT2D eigenvalue weighted by Crippen LogP contribution is 2.16. The minimum absolute atomic E-state index is 0.0560. The van der Waals surface area contributed by atoms with Crippen LogP contribution >= 0.6 is 11.8 Å². The molecule has 0 aliphatic rings. The third kappa shape index (κ3) is 2.40. The molecule has 0 amide bonds. The highest BCUT2D eigenvalue weighted by Gasteiger charge is 2.09. The minimum atomic E-state index is -0.894. The molecule has 84 valence electrons. The quantitative estimate of drug-likeness (QED) is 0.749. The van der Waals surface area contributed by atoms with Crippen LogP contribution in [0.1, 0.15) is 0 Å². The van der Waals surface area contributed by atoms with E-state index in [1.165, 1.54) is 0 Å². The second-order valence-electron chi connectivity index (χ2n) is 3.07. The van der Waals surface area contributed by atoms with Crippen LogP contribution in [0.25, 0.3) is 11.5 Å². The van der Waals surface area contributed by atoms with Gasteiger partial charge in [0.2, 0.25) is 5.16 Å². The number of imidazole rings is 1. The topological polar surface area (TPSA) is 96.7 Å². The number of carbonyl (C=O) groups is 1. The molecule has 2 heterocycles. The van der Waals surface area contributed by atoms with Crippen LogP contribution < -0.4 is 0 Å². The highest BCUT2D eigenvalue weighted by molar-refractivity contribution is 7.99. The number of nitrogens with zero attached hydrogens (tertiary/aromatic N) is 4. The fourth-order valence-electron chi connectivity index (χ4n) is 1.09. The maximum absolute atomic E-state index is 10.4. The molecule has 2 N–H and O–H groups in total. The first-order valence-corrected chi connectivity index (χ1v) is 5.39. The maximum Gasteiger partial charge on any atom is 0.313 e. The predicted molar refractivity (Wildman–Crippen MR) is 56.9 cm³/mol. The van der Waals surface area contributed by atoms with Crippen LogP contribution in [-0.4, -0.2) is 41.6 Å². The van der Waals surface area contributed by atoms with Crippen LogP contribution in [0.4, 0.5) is 0 Å². The number of thioether (sulfide) groups is 1. The van der Waals surface area contributed by atoms with E-state index in [0.29, 0.717) is 16.7 Å². The van der Waals surface area contributed by atoms with E-state index in [9.17, 15) is 4.79 Å². The van der Waals surface area contributed by atoms with E-state index in [1.807, 2.05) is 7.05 Å². The molecular weight excluding hydrogens is 230 g/mol. The number of carboxylic acids is 1. The lowest BCUT2D eigenvalue weighted by Gasteiger charge is -1.88. The molecule has 2 aromatic rings. The average Bonchev–Trinajstić information content (AvgIpc) is 2.83. The molecule has 0 aromatic carbocycles. The molecule has 0 unspecified atom stereocenters. The number of aliphatic carboxylic acids is 1. The van der Waals surface area contributed by atoms with Crippen LogP contribution in [0.2, 0.25) is 0 Å². The second-order valence-corrected chi connectivity index (χ2v) is 4.02. The standard InChI is InChI=1S/C8H9N5O2S/c1-13-2-5(9-4-13)7-10-8(12-11-7)16-3-6(14)15/h2,4H,3H2,1H3,(H,14,15)(H,10,11,12). The first-order valence-electron chi connectivity index (χ1n) is 4.40. The van der Waals surface area contributed by atoms with Crippen LogP contribution in [0.15, 0.2) is 17.7 Å². The Morgan fingerprint density at radius 3 is 3.12 bits per heavy atom. The maximum atomic E-state index is 10.4. The van der Waals surface area contributed by atoms with Gasteiger partial charge in [0.1, 0.15) is 5.69 Å². The zero-order chi connectivity index (χ0) is 11.5. The van der Waals surface area contributed by atoms with Gasteiger partial charge >= 0.3 is 5.97 Å². The molecule has 0 spiro atoms. The van der Waals surface area contributed by atoms with Crippen molar-refractivity contribution in [1.29, 1.82) is 0 Å². The third-order valence-corrected chi connectivity index (χ3v) is 2.57. The molecule has 0 radical (unpaired) electrons. The van der Waals surface area contributed by atoms with Gasteiger partial charge < -0.3 is 9.67 Å². The number of aryl methyl sites for hydroxylation is 1. The number of hydrogen-bond donors (Lipinski definition) is 2. The summed E-state index contributed by atoms with van der Waals surface area (Å²) in [7, 11) is 1.85. The molecule has 0 atom stereocenters. The fourth-order valence-corrected chi connectivity index (χ4v) is 1.61. The van der Waals surface area contributed by atoms with Gasteiger partial charge in [0.25, 0.3) is 0 Å². The number of hydrogen-bond acceptors (Lipinski definition) is 5. The first kappa shape index (κ1) is 10.7. The molecule has 2 aromatic heterocycles. The second kappa shape index (κ2) is 4.35. The Morgan fingerprint density at radius 1 is 1.69 bits per heavy atom. The van der Waals surface area contributed by atoms with Crippen molar-refractivity contribution in [3.05, 3.63) is 12.5 Å². The van der Waals surface area contributed by atoms with Gasteiger partial charge in [-0.25, -0.2) is 4.98 Å². The van der Waals surface area contributed by atoms with Crippen molar-refractivity contribution >= 4 is 17.7 Å². The molecule has 7 nitrogen and oxygen atoms in total. The van der Waals surface area contributed by atoms with Gasteiger partial charge in [-0.05, 0) is 0 Å². The zero-order valence-electron chi connectivity index (χ0n) is 8.41. The van der Waals surface area contributed by atoms with E-state index in [1.54, 1.807) is 17.1 Å². The van der Waals surface area contributed by atoms with Gasteiger partial charge in [-0.3, -0.25) is 9.89 Å². The van der Waals surface area contributed by atoms with E-state index < -0.39 is 5.97 Å². The molecule has 0 aliphatic heterocycles. The summed E-state index contributed by atoms with van der Waals surface area (Å²) in [5.41, 5.74) is 0.678. The lowest BCUT2D eigenvalue weighted by Crippen LogP contribution is -1.97. The summed E-state index contributed by atoms with van der Waals surface area (Å²) in [4.78, 5) is 18.6. The van der Waals surface area contributed by atoms with Crippen molar-refractivity contribution in [2.24, 2.45) is 7.05 Å². The van der Waals surface area contributed by atoms with E-state index >= 15 is 0 Å². The number of nitrogens with one attached hydrogen (secondary N) is 1. The Balaban J connectivity index is 2.10. The summed E-state index contributed by atoms with van der Waals surface area (Å²) < 4.78 is 1.79. The summed E-state index contributed by atoms with van der Waals surface area (Å²) in [6.07, 6.45) is 3.45. The van der Waals surface area contributed by atoms with Crippen molar-refractivity contribution in [1.82, 2.24) is 24.7 Å². The lowest BCUT2D eigenvalue weighted by molar-refractivity contribution is -0.133. The molecule has 2 rings (SSSR count). The van der Waals surface area contributed by atoms with Gasteiger partial charge in [-0.2, -0.15) is 4.98 Å². The summed E-state index contributed by atoms with van der Waals surface area (Å²) in [5.74, 6) is -0.415. The fraction of sp³-hybridized carbons (Fsp3) is 0.250. The van der Waals surface area contributed by atoms with E-state index in [2.05, 4.69) is 20.2 Å². The van der Waals surface area contributed by atoms with Crippen molar-refractivity contribution < 1.29 is 9.90 Å². The number of H-pyrrole nitrogens is 1. The monoisotopic (exact) mass is 239 g/mol. The van der Waals surface area contributed by atoms with Crippen LogP contribution in [0.3, 0.4) is 0 Å². The number of aromatic nitrogens is 5. The molecule has 8 heteroatoms. The van der Waals surface area contributed by atoms with E-state index in [0.717, 1.165) is 11.8 Å². The summed E-state index contributed by atoms with van der Waals surface area (Å²) in [5, 5.41) is 15.5. The van der Waals surface area contributed by atoms with Gasteiger partial charge in [-0.15, -0.1) is 5.10 Å². The normalized spacial score (nSPS) is 10.6. The Kier molecular flexibility index (Phi) is 2.91. The highest BCUT2D eigenvalue weighted by atomic mass is 32.2. The number of carboxylic acid groups (broad SMARTS) is 1. The molecule has 0 bridgehead atoms. The SMILES string of the molecule is Cn1cnc(-c2nc(SCC(=O)O)n[nH]2)c1. The summed E-state index contributed by atoms with van der Waals surface area (Å²) in [6, 6.07) is 0. The van der Waals surface area contributed by atoms with Crippen LogP contribution in [-0.2, 0) is 11.8 Å². The van der Waals surface area contributed by atoms with Crippen molar-refractivity contribution in [2.75, 3.05) is 5.75 Å². The Morgan fingerprint density at radius 2 is 2.50 bits per heavy atom. The third-order valence-electron chi connectivity index (χ3n) is 1.74. The molecule has 0 saturated heterocycles. The van der Waals surface area contributed by atoms with E-state index in [4.69, 9.17) is 5.11 Å². The molecule has 0 saturated carbocycles. The zero-order valence-corrected chi connectivity index (χ0v) is 9.23. The average molecular weight is 239 g/mol. The van der Waals surface area contributed by atoms with Crippen LogP contribution in [0, 0.1) is 0 Å². The van der Waals surface area contributed by atoms with Gasteiger partial charge in [-0.1, -0.05) is 11.8 Å². The number of aromatic amines is 1. The van der Waals surface area contributed by atoms with Gasteiger partial charge in [0.05, 0.1) is 12.1 Å².